The number of halogens is 1. The zero-order valence-corrected chi connectivity index (χ0v) is 17.6. The Morgan fingerprint density at radius 1 is 1.17 bits per heavy atom. The lowest BCUT2D eigenvalue weighted by Gasteiger charge is -2.22. The molecule has 0 spiro atoms. The van der Waals surface area contributed by atoms with Crippen molar-refractivity contribution in [2.24, 2.45) is 0 Å². The minimum Gasteiger partial charge on any atom is -0.497 e. The Bertz CT molecular complexity index is 965. The van der Waals surface area contributed by atoms with Gasteiger partial charge in [-0.15, -0.1) is 0 Å². The molecular formula is C20H25FN2O5S. The van der Waals surface area contributed by atoms with E-state index < -0.39 is 34.3 Å². The Labute approximate surface area is 170 Å². The predicted octanol–water partition coefficient (Wildman–Crippen LogP) is 2.48. The molecule has 0 aromatic heterocycles. The molecule has 9 heteroatoms. The van der Waals surface area contributed by atoms with Crippen molar-refractivity contribution in [3.8, 4) is 11.5 Å². The predicted molar refractivity (Wildman–Crippen MR) is 108 cm³/mol. The van der Waals surface area contributed by atoms with Gasteiger partial charge in [0.15, 0.2) is 0 Å². The van der Waals surface area contributed by atoms with Crippen LogP contribution < -0.4 is 14.8 Å². The molecule has 0 saturated carbocycles. The number of methoxy groups -OCH3 is 2. The molecule has 0 fully saturated rings. The summed E-state index contributed by atoms with van der Waals surface area (Å²) in [6.07, 6.45) is 0.982. The number of ether oxygens (including phenoxy) is 2. The lowest BCUT2D eigenvalue weighted by molar-refractivity contribution is -0.122. The second-order valence-corrected chi connectivity index (χ2v) is 8.50. The molecule has 0 bridgehead atoms. The topological polar surface area (TPSA) is 84.9 Å². The first kappa shape index (κ1) is 22.6. The number of carbonyl (C=O) groups excluding carboxylic acids is 1. The Kier molecular flexibility index (Phi) is 7.58. The van der Waals surface area contributed by atoms with Crippen LogP contribution in [-0.4, -0.2) is 45.7 Å². The number of hydrogen-bond donors (Lipinski definition) is 1. The van der Waals surface area contributed by atoms with Crippen LogP contribution in [0.1, 0.15) is 24.1 Å². The van der Waals surface area contributed by atoms with Crippen molar-refractivity contribution < 1.29 is 27.1 Å². The van der Waals surface area contributed by atoms with E-state index in [-0.39, 0.29) is 12.1 Å². The lowest BCUT2D eigenvalue weighted by atomic mass is 10.1. The van der Waals surface area contributed by atoms with Crippen LogP contribution in [0.3, 0.4) is 0 Å². The summed E-state index contributed by atoms with van der Waals surface area (Å²) in [4.78, 5) is 12.5. The van der Waals surface area contributed by atoms with Crippen LogP contribution in [0.25, 0.3) is 0 Å². The normalized spacial score (nSPS) is 12.5. The fourth-order valence-corrected chi connectivity index (χ4v) is 3.54. The van der Waals surface area contributed by atoms with Gasteiger partial charge in [-0.25, -0.2) is 12.8 Å². The second-order valence-electron chi connectivity index (χ2n) is 6.52. The van der Waals surface area contributed by atoms with Crippen molar-refractivity contribution in [2.45, 2.75) is 19.5 Å². The van der Waals surface area contributed by atoms with Gasteiger partial charge >= 0.3 is 0 Å². The summed E-state index contributed by atoms with van der Waals surface area (Å²) >= 11 is 0. The molecule has 0 aliphatic carbocycles. The summed E-state index contributed by atoms with van der Waals surface area (Å²) in [6, 6.07) is 10.6. The largest absolute Gasteiger partial charge is 0.497 e. The molecule has 0 aliphatic rings. The second kappa shape index (κ2) is 9.71. The highest BCUT2D eigenvalue weighted by Gasteiger charge is 2.23. The first-order chi connectivity index (χ1) is 13.7. The van der Waals surface area contributed by atoms with Crippen LogP contribution in [-0.2, 0) is 21.4 Å². The van der Waals surface area contributed by atoms with Gasteiger partial charge in [-0.05, 0) is 31.2 Å². The van der Waals surface area contributed by atoms with Crippen LogP contribution in [0.4, 0.5) is 4.39 Å². The number of benzene rings is 2. The van der Waals surface area contributed by atoms with Crippen molar-refractivity contribution >= 4 is 15.9 Å². The molecule has 0 heterocycles. The number of carbonyl (C=O) groups is 1. The molecule has 0 aliphatic heterocycles. The third kappa shape index (κ3) is 6.16. The molecule has 0 unspecified atom stereocenters. The molecule has 2 rings (SSSR count). The highest BCUT2D eigenvalue weighted by atomic mass is 32.2. The highest BCUT2D eigenvalue weighted by molar-refractivity contribution is 7.88. The standard InChI is InChI=1S/C20H25FN2O5S/c1-14(17-11-16(27-2)9-10-19(17)28-3)22-20(24)13-23(29(4,25)26)12-15-7-5-6-8-18(15)21/h5-11,14H,12-13H2,1-4H3,(H,22,24)/t14-/m0/s1. The smallest absolute Gasteiger partial charge is 0.235 e. The molecular weight excluding hydrogens is 399 g/mol. The van der Waals surface area contributed by atoms with Crippen molar-refractivity contribution in [3.05, 3.63) is 59.4 Å². The van der Waals surface area contributed by atoms with E-state index in [1.54, 1.807) is 31.2 Å². The lowest BCUT2D eigenvalue weighted by Crippen LogP contribution is -2.40. The van der Waals surface area contributed by atoms with Gasteiger partial charge in [0.25, 0.3) is 0 Å². The fourth-order valence-electron chi connectivity index (χ4n) is 2.81. The molecule has 2 aromatic carbocycles. The first-order valence-corrected chi connectivity index (χ1v) is 10.7. The Morgan fingerprint density at radius 3 is 2.45 bits per heavy atom. The van der Waals surface area contributed by atoms with Gasteiger partial charge in [-0.2, -0.15) is 4.31 Å². The zero-order valence-electron chi connectivity index (χ0n) is 16.8. The van der Waals surface area contributed by atoms with E-state index in [0.717, 1.165) is 10.6 Å². The monoisotopic (exact) mass is 424 g/mol. The van der Waals surface area contributed by atoms with Crippen molar-refractivity contribution in [2.75, 3.05) is 27.0 Å². The summed E-state index contributed by atoms with van der Waals surface area (Å²) in [5.74, 6) is 0.101. The molecule has 1 atom stereocenters. The summed E-state index contributed by atoms with van der Waals surface area (Å²) in [7, 11) is -0.695. The molecule has 1 N–H and O–H groups in total. The van der Waals surface area contributed by atoms with Gasteiger partial charge in [0.05, 0.1) is 33.1 Å². The maximum atomic E-state index is 13.9. The number of sulfonamides is 1. The molecule has 0 radical (unpaired) electrons. The van der Waals surface area contributed by atoms with Crippen LogP contribution in [0.2, 0.25) is 0 Å². The molecule has 1 amide bonds. The highest BCUT2D eigenvalue weighted by Crippen LogP contribution is 2.29. The fraction of sp³-hybridized carbons (Fsp3) is 0.350. The average molecular weight is 424 g/mol. The SMILES string of the molecule is COc1ccc(OC)c([C@H](C)NC(=O)CN(Cc2ccccc2F)S(C)(=O)=O)c1. The van der Waals surface area contributed by atoms with E-state index in [2.05, 4.69) is 5.32 Å². The number of nitrogens with one attached hydrogen (secondary N) is 1. The Hall–Kier alpha value is -2.65. The number of hydrogen-bond acceptors (Lipinski definition) is 5. The third-order valence-electron chi connectivity index (χ3n) is 4.37. The van der Waals surface area contributed by atoms with E-state index in [4.69, 9.17) is 9.47 Å². The number of amides is 1. The summed E-state index contributed by atoms with van der Waals surface area (Å²) < 4.78 is 49.6. The van der Waals surface area contributed by atoms with Crippen LogP contribution in [0.15, 0.2) is 42.5 Å². The summed E-state index contributed by atoms with van der Waals surface area (Å²) in [6.45, 7) is 1.07. The molecule has 2 aromatic rings. The van der Waals surface area contributed by atoms with E-state index in [1.807, 2.05) is 0 Å². The molecule has 29 heavy (non-hydrogen) atoms. The van der Waals surface area contributed by atoms with Crippen molar-refractivity contribution in [3.63, 3.8) is 0 Å². The van der Waals surface area contributed by atoms with E-state index >= 15 is 0 Å². The van der Waals surface area contributed by atoms with Gasteiger partial charge < -0.3 is 14.8 Å². The van der Waals surface area contributed by atoms with Crippen LogP contribution in [0, 0.1) is 5.82 Å². The van der Waals surface area contributed by atoms with E-state index in [0.29, 0.717) is 17.1 Å². The minimum absolute atomic E-state index is 0.188. The number of rotatable bonds is 9. The van der Waals surface area contributed by atoms with E-state index in [1.165, 1.54) is 32.4 Å². The van der Waals surface area contributed by atoms with Crippen LogP contribution in [0.5, 0.6) is 11.5 Å². The Morgan fingerprint density at radius 2 is 1.86 bits per heavy atom. The maximum absolute atomic E-state index is 13.9. The van der Waals surface area contributed by atoms with Crippen molar-refractivity contribution in [1.29, 1.82) is 0 Å². The molecule has 7 nitrogen and oxygen atoms in total. The summed E-state index contributed by atoms with van der Waals surface area (Å²) in [5.41, 5.74) is 0.869. The number of nitrogens with zero attached hydrogens (tertiary/aromatic N) is 1. The quantitative estimate of drug-likeness (QED) is 0.669. The van der Waals surface area contributed by atoms with Gasteiger partial charge in [0, 0.05) is 17.7 Å². The average Bonchev–Trinajstić information content (AvgIpc) is 2.67. The summed E-state index contributed by atoms with van der Waals surface area (Å²) in [5, 5.41) is 2.75. The molecule has 0 saturated heterocycles. The van der Waals surface area contributed by atoms with Gasteiger partial charge in [-0.1, -0.05) is 18.2 Å². The Balaban J connectivity index is 2.15. The van der Waals surface area contributed by atoms with Gasteiger partial charge in [0.1, 0.15) is 17.3 Å². The van der Waals surface area contributed by atoms with Gasteiger partial charge in [-0.3, -0.25) is 4.79 Å². The van der Waals surface area contributed by atoms with E-state index in [9.17, 15) is 17.6 Å². The zero-order chi connectivity index (χ0) is 21.6. The molecule has 158 valence electrons. The maximum Gasteiger partial charge on any atom is 0.235 e. The third-order valence-corrected chi connectivity index (χ3v) is 5.57. The minimum atomic E-state index is -3.74. The van der Waals surface area contributed by atoms with Gasteiger partial charge in [0.2, 0.25) is 15.9 Å². The van der Waals surface area contributed by atoms with Crippen molar-refractivity contribution in [1.82, 2.24) is 9.62 Å². The first-order valence-electron chi connectivity index (χ1n) is 8.85. The van der Waals surface area contributed by atoms with Crippen LogP contribution >= 0.6 is 0 Å².